The Morgan fingerprint density at radius 1 is 1.25 bits per heavy atom. The number of fused-ring (bicyclic) bond motifs is 1. The summed E-state index contributed by atoms with van der Waals surface area (Å²) in [6.07, 6.45) is 6.77. The Morgan fingerprint density at radius 2 is 2.12 bits per heavy atom. The van der Waals surface area contributed by atoms with Gasteiger partial charge in [0.1, 0.15) is 5.82 Å². The van der Waals surface area contributed by atoms with E-state index in [2.05, 4.69) is 56.4 Å². The van der Waals surface area contributed by atoms with Gasteiger partial charge in [0.25, 0.3) is 0 Å². The highest BCUT2D eigenvalue weighted by Crippen LogP contribution is 2.14. The molecule has 0 aliphatic carbocycles. The number of aryl methyl sites for hydroxylation is 2. The minimum Gasteiger partial charge on any atom is -0.308 e. The van der Waals surface area contributed by atoms with Gasteiger partial charge in [-0.3, -0.25) is 0 Å². The molecular weight excluding hydrogens is 300 g/mol. The van der Waals surface area contributed by atoms with Crippen molar-refractivity contribution in [2.75, 3.05) is 0 Å². The molecule has 1 atom stereocenters. The monoisotopic (exact) mass is 322 g/mol. The van der Waals surface area contributed by atoms with Gasteiger partial charge < -0.3 is 5.32 Å². The highest BCUT2D eigenvalue weighted by molar-refractivity contribution is 5.33. The summed E-state index contributed by atoms with van der Waals surface area (Å²) in [6, 6.07) is 10.9. The molecule has 4 rings (SSSR count). The third-order valence-electron chi connectivity index (χ3n) is 4.52. The summed E-state index contributed by atoms with van der Waals surface area (Å²) >= 11 is 0. The molecule has 24 heavy (non-hydrogen) atoms. The van der Waals surface area contributed by atoms with Gasteiger partial charge >= 0.3 is 0 Å². The first-order valence-corrected chi connectivity index (χ1v) is 8.57. The molecule has 3 heterocycles. The van der Waals surface area contributed by atoms with Crippen LogP contribution in [0.15, 0.2) is 42.7 Å². The van der Waals surface area contributed by atoms with Crippen LogP contribution in [0.25, 0.3) is 5.69 Å². The SMILES string of the molecule is CCc1nc2n(n1)CC(NCc1ccc(-n3cccn3)cc1)CC2. The number of nitrogens with zero attached hydrogens (tertiary/aromatic N) is 5. The van der Waals surface area contributed by atoms with E-state index in [1.807, 2.05) is 16.9 Å². The van der Waals surface area contributed by atoms with Crippen molar-refractivity contribution in [2.24, 2.45) is 0 Å². The molecule has 0 radical (unpaired) electrons. The standard InChI is InChI=1S/C18H22N6/c1-2-17-21-18-9-6-15(13-24(18)22-17)19-12-14-4-7-16(8-5-14)23-11-3-10-20-23/h3-5,7-8,10-11,15,19H,2,6,9,12-13H2,1H3. The predicted molar refractivity (Wildman–Crippen MR) is 91.9 cm³/mol. The van der Waals surface area contributed by atoms with E-state index in [1.54, 1.807) is 6.20 Å². The molecule has 1 unspecified atom stereocenters. The van der Waals surface area contributed by atoms with E-state index in [4.69, 9.17) is 0 Å². The van der Waals surface area contributed by atoms with Gasteiger partial charge in [0, 0.05) is 37.8 Å². The van der Waals surface area contributed by atoms with E-state index < -0.39 is 0 Å². The van der Waals surface area contributed by atoms with Gasteiger partial charge in [0.15, 0.2) is 5.82 Å². The van der Waals surface area contributed by atoms with Crippen LogP contribution in [0.3, 0.4) is 0 Å². The highest BCUT2D eigenvalue weighted by Gasteiger charge is 2.20. The number of aromatic nitrogens is 5. The Hall–Kier alpha value is -2.47. The Labute approximate surface area is 141 Å². The molecule has 0 bridgehead atoms. The molecular formula is C18H22N6. The van der Waals surface area contributed by atoms with Gasteiger partial charge in [-0.25, -0.2) is 14.3 Å². The van der Waals surface area contributed by atoms with Crippen molar-refractivity contribution in [1.82, 2.24) is 29.9 Å². The smallest absolute Gasteiger partial charge is 0.150 e. The van der Waals surface area contributed by atoms with Crippen molar-refractivity contribution in [3.05, 3.63) is 59.9 Å². The van der Waals surface area contributed by atoms with Crippen LogP contribution < -0.4 is 5.32 Å². The van der Waals surface area contributed by atoms with Crippen molar-refractivity contribution in [3.63, 3.8) is 0 Å². The Kier molecular flexibility index (Phi) is 4.13. The van der Waals surface area contributed by atoms with Gasteiger partial charge in [-0.2, -0.15) is 10.2 Å². The molecule has 6 nitrogen and oxygen atoms in total. The molecule has 6 heteroatoms. The zero-order chi connectivity index (χ0) is 16.4. The molecule has 1 aliphatic heterocycles. The Morgan fingerprint density at radius 3 is 2.88 bits per heavy atom. The molecule has 2 aromatic heterocycles. The third kappa shape index (κ3) is 3.10. The van der Waals surface area contributed by atoms with Crippen LogP contribution >= 0.6 is 0 Å². The third-order valence-corrected chi connectivity index (χ3v) is 4.52. The van der Waals surface area contributed by atoms with Gasteiger partial charge in [-0.05, 0) is 30.2 Å². The average molecular weight is 322 g/mol. The number of rotatable bonds is 5. The zero-order valence-corrected chi connectivity index (χ0v) is 13.9. The Balaban J connectivity index is 1.35. The van der Waals surface area contributed by atoms with Crippen molar-refractivity contribution < 1.29 is 0 Å². The van der Waals surface area contributed by atoms with E-state index in [1.165, 1.54) is 5.56 Å². The summed E-state index contributed by atoms with van der Waals surface area (Å²) in [4.78, 5) is 4.57. The van der Waals surface area contributed by atoms with Crippen LogP contribution in [0.4, 0.5) is 0 Å². The van der Waals surface area contributed by atoms with Crippen molar-refractivity contribution in [2.45, 2.75) is 45.3 Å². The second-order valence-electron chi connectivity index (χ2n) is 6.21. The van der Waals surface area contributed by atoms with Crippen molar-refractivity contribution in [3.8, 4) is 5.69 Å². The quantitative estimate of drug-likeness (QED) is 0.782. The first-order chi connectivity index (χ1) is 11.8. The summed E-state index contributed by atoms with van der Waals surface area (Å²) in [5.74, 6) is 2.09. The molecule has 3 aromatic rings. The summed E-state index contributed by atoms with van der Waals surface area (Å²) in [5, 5.41) is 12.5. The van der Waals surface area contributed by atoms with Crippen LogP contribution in [-0.2, 0) is 25.9 Å². The number of nitrogens with one attached hydrogen (secondary N) is 1. The van der Waals surface area contributed by atoms with E-state index in [-0.39, 0.29) is 0 Å². The lowest BCUT2D eigenvalue weighted by Gasteiger charge is -2.23. The van der Waals surface area contributed by atoms with Gasteiger partial charge in [0.05, 0.1) is 12.2 Å². The number of benzene rings is 1. The molecule has 0 amide bonds. The maximum Gasteiger partial charge on any atom is 0.150 e. The first-order valence-electron chi connectivity index (χ1n) is 8.57. The second kappa shape index (κ2) is 6.57. The lowest BCUT2D eigenvalue weighted by Crippen LogP contribution is -2.37. The molecule has 0 saturated heterocycles. The summed E-state index contributed by atoms with van der Waals surface area (Å²) in [5.41, 5.74) is 2.37. The fourth-order valence-corrected chi connectivity index (χ4v) is 3.13. The molecule has 124 valence electrons. The summed E-state index contributed by atoms with van der Waals surface area (Å²) in [6.45, 7) is 3.88. The fourth-order valence-electron chi connectivity index (χ4n) is 3.13. The van der Waals surface area contributed by atoms with E-state index in [0.29, 0.717) is 6.04 Å². The van der Waals surface area contributed by atoms with Gasteiger partial charge in [0.2, 0.25) is 0 Å². The van der Waals surface area contributed by atoms with Gasteiger partial charge in [-0.15, -0.1) is 0 Å². The van der Waals surface area contributed by atoms with Crippen LogP contribution in [0.2, 0.25) is 0 Å². The molecule has 0 fully saturated rings. The van der Waals surface area contributed by atoms with Crippen LogP contribution in [-0.4, -0.2) is 30.6 Å². The van der Waals surface area contributed by atoms with Crippen LogP contribution in [0, 0.1) is 0 Å². The fraction of sp³-hybridized carbons (Fsp3) is 0.389. The molecule has 0 spiro atoms. The molecule has 0 saturated carbocycles. The van der Waals surface area contributed by atoms with E-state index >= 15 is 0 Å². The minimum atomic E-state index is 0.453. The van der Waals surface area contributed by atoms with E-state index in [9.17, 15) is 0 Å². The predicted octanol–water partition coefficient (Wildman–Crippen LogP) is 2.13. The van der Waals surface area contributed by atoms with Crippen LogP contribution in [0.1, 0.15) is 30.6 Å². The zero-order valence-electron chi connectivity index (χ0n) is 13.9. The van der Waals surface area contributed by atoms with E-state index in [0.717, 1.165) is 49.7 Å². The summed E-state index contributed by atoms with van der Waals surface area (Å²) < 4.78 is 3.94. The maximum absolute atomic E-state index is 4.57. The van der Waals surface area contributed by atoms with Crippen molar-refractivity contribution >= 4 is 0 Å². The largest absolute Gasteiger partial charge is 0.308 e. The minimum absolute atomic E-state index is 0.453. The molecule has 1 aliphatic rings. The van der Waals surface area contributed by atoms with Gasteiger partial charge in [-0.1, -0.05) is 19.1 Å². The lowest BCUT2D eigenvalue weighted by atomic mass is 10.1. The Bertz CT molecular complexity index is 788. The average Bonchev–Trinajstić information content (AvgIpc) is 3.29. The van der Waals surface area contributed by atoms with Crippen LogP contribution in [0.5, 0.6) is 0 Å². The second-order valence-corrected chi connectivity index (χ2v) is 6.21. The summed E-state index contributed by atoms with van der Waals surface area (Å²) in [7, 11) is 0. The number of hydrogen-bond acceptors (Lipinski definition) is 4. The molecule has 1 aromatic carbocycles. The normalized spacial score (nSPS) is 17.0. The maximum atomic E-state index is 4.57. The first kappa shape index (κ1) is 15.1. The topological polar surface area (TPSA) is 60.6 Å². The lowest BCUT2D eigenvalue weighted by molar-refractivity contribution is 0.357. The number of hydrogen-bond donors (Lipinski definition) is 1. The highest BCUT2D eigenvalue weighted by atomic mass is 15.4. The van der Waals surface area contributed by atoms with Crippen molar-refractivity contribution in [1.29, 1.82) is 0 Å². The molecule has 1 N–H and O–H groups in total.